The minimum absolute atomic E-state index is 0.0200. The molecule has 5 rings (SSSR count). The Bertz CT molecular complexity index is 1110. The number of benzene rings is 2. The molecule has 0 radical (unpaired) electrons. The number of aliphatic hydroxyl groups excluding tert-OH is 1. The lowest BCUT2D eigenvalue weighted by Crippen LogP contribution is -2.54. The highest BCUT2D eigenvalue weighted by atomic mass is 16.3. The molecule has 0 spiro atoms. The van der Waals surface area contributed by atoms with Crippen LogP contribution in [0.3, 0.4) is 0 Å². The van der Waals surface area contributed by atoms with E-state index in [-0.39, 0.29) is 18.0 Å². The molecule has 2 fully saturated rings. The lowest BCUT2D eigenvalue weighted by molar-refractivity contribution is 0.0629. The topological polar surface area (TPSA) is 70.4 Å². The molecule has 6 heteroatoms. The quantitative estimate of drug-likeness (QED) is 0.607. The monoisotopic (exact) mass is 458 g/mol. The normalized spacial score (nSPS) is 23.1. The molecule has 3 atom stereocenters. The van der Waals surface area contributed by atoms with Gasteiger partial charge in [0.2, 0.25) is 0 Å². The van der Waals surface area contributed by atoms with Gasteiger partial charge in [-0.2, -0.15) is 0 Å². The molecule has 2 heterocycles. The molecule has 34 heavy (non-hydrogen) atoms. The summed E-state index contributed by atoms with van der Waals surface area (Å²) in [7, 11) is 0. The molecule has 1 amide bonds. The van der Waals surface area contributed by atoms with E-state index in [1.165, 1.54) is 5.56 Å². The van der Waals surface area contributed by atoms with Crippen molar-refractivity contribution < 1.29 is 9.90 Å². The van der Waals surface area contributed by atoms with Gasteiger partial charge in [-0.25, -0.2) is 4.98 Å². The third kappa shape index (κ3) is 4.52. The lowest BCUT2D eigenvalue weighted by Gasteiger charge is -2.36. The van der Waals surface area contributed by atoms with Gasteiger partial charge in [-0.1, -0.05) is 73.5 Å². The fourth-order valence-electron chi connectivity index (χ4n) is 5.60. The van der Waals surface area contributed by atoms with Gasteiger partial charge in [0.25, 0.3) is 5.91 Å². The Balaban J connectivity index is 1.54. The molecule has 1 aliphatic heterocycles. The van der Waals surface area contributed by atoms with Crippen molar-refractivity contribution in [1.29, 1.82) is 0 Å². The summed E-state index contributed by atoms with van der Waals surface area (Å²) in [5.41, 5.74) is 3.54. The van der Waals surface area contributed by atoms with Crippen LogP contribution in [0.5, 0.6) is 0 Å². The molecule has 2 aromatic carbocycles. The van der Waals surface area contributed by atoms with E-state index in [4.69, 9.17) is 4.98 Å². The van der Waals surface area contributed by atoms with Gasteiger partial charge in [-0.15, -0.1) is 0 Å². The van der Waals surface area contributed by atoms with Gasteiger partial charge in [0.1, 0.15) is 5.82 Å². The zero-order valence-electron chi connectivity index (χ0n) is 19.9. The number of aliphatic hydroxyl groups is 1. The van der Waals surface area contributed by atoms with Gasteiger partial charge >= 0.3 is 0 Å². The summed E-state index contributed by atoms with van der Waals surface area (Å²) in [5, 5.41) is 14.3. The first-order valence-electron chi connectivity index (χ1n) is 12.5. The standard InChI is InChI=1S/C28H34N4O2/c1-20-30-26(28(34)31-17-16-29-19-23(31)18-21-10-4-2-5-11-21)27(22-12-6-3-7-13-22)32(20)24-14-8-9-15-25(24)33/h2-7,10-13,23-25,29,33H,8-9,14-19H2,1H3/t23-,24?,25+/m1/s1. The first kappa shape index (κ1) is 22.8. The molecule has 1 saturated heterocycles. The van der Waals surface area contributed by atoms with Crippen LogP contribution >= 0.6 is 0 Å². The summed E-state index contributed by atoms with van der Waals surface area (Å²) in [6.07, 6.45) is 4.19. The summed E-state index contributed by atoms with van der Waals surface area (Å²) >= 11 is 0. The number of amides is 1. The number of carbonyl (C=O) groups excluding carboxylic acids is 1. The number of nitrogens with one attached hydrogen (secondary N) is 1. The van der Waals surface area contributed by atoms with Crippen LogP contribution in [0, 0.1) is 6.92 Å². The summed E-state index contributed by atoms with van der Waals surface area (Å²) in [5.74, 6) is 0.774. The lowest BCUT2D eigenvalue weighted by atomic mass is 9.91. The van der Waals surface area contributed by atoms with Crippen LogP contribution < -0.4 is 5.32 Å². The van der Waals surface area contributed by atoms with Crippen molar-refractivity contribution in [2.75, 3.05) is 19.6 Å². The fraction of sp³-hybridized carbons (Fsp3) is 0.429. The van der Waals surface area contributed by atoms with E-state index in [0.29, 0.717) is 12.2 Å². The molecule has 1 aliphatic carbocycles. The molecule has 0 bridgehead atoms. The number of rotatable bonds is 5. The number of nitrogens with zero attached hydrogens (tertiary/aromatic N) is 3. The number of piperazine rings is 1. The third-order valence-electron chi connectivity index (χ3n) is 7.29. The Labute approximate surface area is 201 Å². The van der Waals surface area contributed by atoms with Crippen molar-refractivity contribution in [1.82, 2.24) is 19.8 Å². The predicted molar refractivity (Wildman–Crippen MR) is 134 cm³/mol. The van der Waals surface area contributed by atoms with Crippen LogP contribution in [0.4, 0.5) is 0 Å². The second-order valence-electron chi connectivity index (χ2n) is 9.56. The van der Waals surface area contributed by atoms with E-state index < -0.39 is 6.10 Å². The van der Waals surface area contributed by atoms with Crippen molar-refractivity contribution >= 4 is 5.91 Å². The summed E-state index contributed by atoms with van der Waals surface area (Å²) in [4.78, 5) is 20.9. The van der Waals surface area contributed by atoms with E-state index in [9.17, 15) is 9.90 Å². The summed E-state index contributed by atoms with van der Waals surface area (Å²) in [6.45, 7) is 4.16. The molecular weight excluding hydrogens is 424 g/mol. The van der Waals surface area contributed by atoms with Crippen molar-refractivity contribution in [2.24, 2.45) is 0 Å². The van der Waals surface area contributed by atoms with Crippen LogP contribution in [0.25, 0.3) is 11.3 Å². The van der Waals surface area contributed by atoms with Gasteiger partial charge in [-0.05, 0) is 31.7 Å². The molecule has 1 saturated carbocycles. The largest absolute Gasteiger partial charge is 0.391 e. The Morgan fingerprint density at radius 1 is 1.06 bits per heavy atom. The van der Waals surface area contributed by atoms with Crippen LogP contribution in [0.15, 0.2) is 60.7 Å². The van der Waals surface area contributed by atoms with Crippen LogP contribution in [0.2, 0.25) is 0 Å². The number of aryl methyl sites for hydroxylation is 1. The average molecular weight is 459 g/mol. The van der Waals surface area contributed by atoms with Gasteiger partial charge in [-0.3, -0.25) is 4.79 Å². The van der Waals surface area contributed by atoms with Gasteiger partial charge in [0.05, 0.1) is 17.8 Å². The van der Waals surface area contributed by atoms with Crippen molar-refractivity contribution in [3.8, 4) is 11.3 Å². The van der Waals surface area contributed by atoms with E-state index in [2.05, 4.69) is 22.0 Å². The maximum atomic E-state index is 14.1. The maximum Gasteiger partial charge on any atom is 0.275 e. The molecule has 178 valence electrons. The molecular formula is C28H34N4O2. The van der Waals surface area contributed by atoms with E-state index >= 15 is 0 Å². The van der Waals surface area contributed by atoms with Gasteiger partial charge in [0, 0.05) is 31.2 Å². The van der Waals surface area contributed by atoms with E-state index in [0.717, 1.165) is 62.3 Å². The number of imidazole rings is 1. The highest BCUT2D eigenvalue weighted by Crippen LogP contribution is 2.36. The third-order valence-corrected chi connectivity index (χ3v) is 7.29. The minimum atomic E-state index is -0.419. The van der Waals surface area contributed by atoms with E-state index in [1.807, 2.05) is 60.4 Å². The first-order valence-corrected chi connectivity index (χ1v) is 12.5. The van der Waals surface area contributed by atoms with Crippen molar-refractivity contribution in [3.63, 3.8) is 0 Å². The van der Waals surface area contributed by atoms with E-state index in [1.54, 1.807) is 0 Å². The molecule has 1 unspecified atom stereocenters. The minimum Gasteiger partial charge on any atom is -0.391 e. The molecule has 1 aromatic heterocycles. The Morgan fingerprint density at radius 2 is 1.76 bits per heavy atom. The van der Waals surface area contributed by atoms with Crippen LogP contribution in [0.1, 0.15) is 53.6 Å². The second kappa shape index (κ2) is 10.1. The second-order valence-corrected chi connectivity index (χ2v) is 9.56. The first-order chi connectivity index (χ1) is 16.6. The molecule has 2 N–H and O–H groups in total. The SMILES string of the molecule is Cc1nc(C(=O)N2CCNC[C@H]2Cc2ccccc2)c(-c2ccccc2)n1C1CCCC[C@@H]1O. The smallest absolute Gasteiger partial charge is 0.275 e. The number of hydrogen-bond donors (Lipinski definition) is 2. The highest BCUT2D eigenvalue weighted by Gasteiger charge is 2.35. The Morgan fingerprint density at radius 3 is 2.50 bits per heavy atom. The molecule has 2 aliphatic rings. The predicted octanol–water partition coefficient (Wildman–Crippen LogP) is 3.99. The molecule has 3 aromatic rings. The average Bonchev–Trinajstić information content (AvgIpc) is 3.22. The summed E-state index contributed by atoms with van der Waals surface area (Å²) < 4.78 is 2.14. The van der Waals surface area contributed by atoms with Gasteiger partial charge in [0.15, 0.2) is 5.69 Å². The number of hydrogen-bond acceptors (Lipinski definition) is 4. The zero-order valence-corrected chi connectivity index (χ0v) is 19.9. The van der Waals surface area contributed by atoms with Crippen LogP contribution in [-0.2, 0) is 6.42 Å². The maximum absolute atomic E-state index is 14.1. The number of aromatic nitrogens is 2. The zero-order chi connectivity index (χ0) is 23.5. The van der Waals surface area contributed by atoms with Crippen molar-refractivity contribution in [3.05, 3.63) is 77.7 Å². The molecule has 6 nitrogen and oxygen atoms in total. The van der Waals surface area contributed by atoms with Crippen LogP contribution in [-0.4, -0.2) is 57.2 Å². The summed E-state index contributed by atoms with van der Waals surface area (Å²) in [6, 6.07) is 20.4. The Hall–Kier alpha value is -2.96. The highest BCUT2D eigenvalue weighted by molar-refractivity contribution is 5.99. The number of carbonyl (C=O) groups is 1. The Kier molecular flexibility index (Phi) is 6.79. The fourth-order valence-corrected chi connectivity index (χ4v) is 5.60. The van der Waals surface area contributed by atoms with Crippen molar-refractivity contribution in [2.45, 2.75) is 57.2 Å². The van der Waals surface area contributed by atoms with Gasteiger partial charge < -0.3 is 19.9 Å².